The molecule has 4 nitrogen and oxygen atoms in total. The molecule has 4 heteroatoms. The van der Waals surface area contributed by atoms with Crippen molar-refractivity contribution in [3.8, 4) is 5.75 Å². The van der Waals surface area contributed by atoms with E-state index in [1.165, 1.54) is 19.3 Å². The second-order valence-electron chi connectivity index (χ2n) is 7.13. The molecule has 0 spiro atoms. The molecule has 0 N–H and O–H groups in total. The highest BCUT2D eigenvalue weighted by atomic mass is 16.5. The molecule has 0 amide bonds. The molecule has 25 heavy (non-hydrogen) atoms. The average Bonchev–Trinajstić information content (AvgIpc) is 2.68. The second kappa shape index (κ2) is 7.54. The highest BCUT2D eigenvalue weighted by Crippen LogP contribution is 2.25. The fourth-order valence-electron chi connectivity index (χ4n) is 4.22. The summed E-state index contributed by atoms with van der Waals surface area (Å²) in [5.41, 5.74) is 4.16. The Kier molecular flexibility index (Phi) is 4.99. The lowest BCUT2D eigenvalue weighted by molar-refractivity contribution is 0.0845. The number of fused-ring (bicyclic) bond motifs is 1. The molecule has 1 aliphatic heterocycles. The van der Waals surface area contributed by atoms with Crippen LogP contribution in [0.4, 0.5) is 0 Å². The molecule has 1 aromatic carbocycles. The zero-order chi connectivity index (χ0) is 17.1. The minimum Gasteiger partial charge on any atom is -0.495 e. The standard InChI is InChI=1S/C21H27N3O/c1-25-21-7-4-10-22-20(21)16-23-11-13-24(14-12-23)19-9-8-17-5-2-3-6-18(17)15-19/h2-7,10,19H,8-9,11-16H2,1H3. The minimum absolute atomic E-state index is 0.710. The first-order valence-corrected chi connectivity index (χ1v) is 9.34. The van der Waals surface area contributed by atoms with Crippen LogP contribution in [0.2, 0.25) is 0 Å². The third-order valence-corrected chi connectivity index (χ3v) is 5.69. The van der Waals surface area contributed by atoms with Crippen LogP contribution in [-0.4, -0.2) is 54.1 Å². The summed E-state index contributed by atoms with van der Waals surface area (Å²) in [4.78, 5) is 9.69. The molecule has 2 heterocycles. The summed E-state index contributed by atoms with van der Waals surface area (Å²) < 4.78 is 5.44. The monoisotopic (exact) mass is 337 g/mol. The van der Waals surface area contributed by atoms with Gasteiger partial charge in [0.05, 0.1) is 12.8 Å². The summed E-state index contributed by atoms with van der Waals surface area (Å²) in [5, 5.41) is 0. The van der Waals surface area contributed by atoms with E-state index >= 15 is 0 Å². The van der Waals surface area contributed by atoms with Crippen LogP contribution in [0.5, 0.6) is 5.75 Å². The molecule has 1 unspecified atom stereocenters. The van der Waals surface area contributed by atoms with Crippen molar-refractivity contribution in [2.75, 3.05) is 33.3 Å². The Morgan fingerprint density at radius 3 is 2.64 bits per heavy atom. The lowest BCUT2D eigenvalue weighted by atomic mass is 9.87. The highest BCUT2D eigenvalue weighted by Gasteiger charge is 2.27. The lowest BCUT2D eigenvalue weighted by Gasteiger charge is -2.41. The van der Waals surface area contributed by atoms with Crippen LogP contribution in [0.25, 0.3) is 0 Å². The van der Waals surface area contributed by atoms with Crippen LogP contribution in [0.1, 0.15) is 23.2 Å². The Labute approximate surface area is 150 Å². The summed E-state index contributed by atoms with van der Waals surface area (Å²) in [7, 11) is 1.72. The van der Waals surface area contributed by atoms with Crippen molar-refractivity contribution in [2.24, 2.45) is 0 Å². The van der Waals surface area contributed by atoms with Gasteiger partial charge in [0.2, 0.25) is 0 Å². The molecule has 1 atom stereocenters. The zero-order valence-electron chi connectivity index (χ0n) is 15.0. The normalized spacial score (nSPS) is 21.7. The van der Waals surface area contributed by atoms with Crippen molar-refractivity contribution >= 4 is 0 Å². The zero-order valence-corrected chi connectivity index (χ0v) is 15.0. The molecule has 1 aromatic heterocycles. The molecule has 0 saturated carbocycles. The smallest absolute Gasteiger partial charge is 0.141 e. The molecule has 1 saturated heterocycles. The Balaban J connectivity index is 1.33. The number of pyridine rings is 1. The predicted molar refractivity (Wildman–Crippen MR) is 99.9 cm³/mol. The summed E-state index contributed by atoms with van der Waals surface area (Å²) in [6.45, 7) is 5.41. The van der Waals surface area contributed by atoms with Crippen LogP contribution in [0.15, 0.2) is 42.6 Å². The molecule has 4 rings (SSSR count). The number of aromatic nitrogens is 1. The fraction of sp³-hybridized carbons (Fsp3) is 0.476. The quantitative estimate of drug-likeness (QED) is 0.858. The van der Waals surface area contributed by atoms with Crippen LogP contribution in [0, 0.1) is 0 Å². The number of rotatable bonds is 4. The predicted octanol–water partition coefficient (Wildman–Crippen LogP) is 2.77. The van der Waals surface area contributed by atoms with E-state index in [1.54, 1.807) is 18.2 Å². The Morgan fingerprint density at radius 2 is 1.84 bits per heavy atom. The molecule has 2 aromatic rings. The van der Waals surface area contributed by atoms with E-state index in [1.807, 2.05) is 18.3 Å². The molecule has 1 fully saturated rings. The van der Waals surface area contributed by atoms with E-state index in [4.69, 9.17) is 4.74 Å². The van der Waals surface area contributed by atoms with Crippen molar-refractivity contribution in [3.05, 3.63) is 59.4 Å². The van der Waals surface area contributed by atoms with E-state index in [2.05, 4.69) is 39.0 Å². The molecule has 0 bridgehead atoms. The number of hydrogen-bond acceptors (Lipinski definition) is 4. The maximum absolute atomic E-state index is 5.44. The van der Waals surface area contributed by atoms with Gasteiger partial charge in [0.25, 0.3) is 0 Å². The van der Waals surface area contributed by atoms with E-state index in [0.717, 1.165) is 44.2 Å². The van der Waals surface area contributed by atoms with Gasteiger partial charge in [0.15, 0.2) is 0 Å². The van der Waals surface area contributed by atoms with E-state index in [0.29, 0.717) is 6.04 Å². The van der Waals surface area contributed by atoms with Crippen LogP contribution in [-0.2, 0) is 19.4 Å². The van der Waals surface area contributed by atoms with Gasteiger partial charge in [-0.15, -0.1) is 0 Å². The topological polar surface area (TPSA) is 28.6 Å². The summed E-state index contributed by atoms with van der Waals surface area (Å²) in [5.74, 6) is 0.897. The lowest BCUT2D eigenvalue weighted by Crippen LogP contribution is -2.51. The molecular formula is C21H27N3O. The van der Waals surface area contributed by atoms with Gasteiger partial charge in [0.1, 0.15) is 5.75 Å². The van der Waals surface area contributed by atoms with E-state index < -0.39 is 0 Å². The Bertz CT molecular complexity index is 710. The number of ether oxygens (including phenoxy) is 1. The highest BCUT2D eigenvalue weighted by molar-refractivity contribution is 5.30. The van der Waals surface area contributed by atoms with Crippen molar-refractivity contribution < 1.29 is 4.74 Å². The Hall–Kier alpha value is -1.91. The van der Waals surface area contributed by atoms with Gasteiger partial charge in [-0.2, -0.15) is 0 Å². The SMILES string of the molecule is COc1cccnc1CN1CCN(C2CCc3ccccc3C2)CC1. The first kappa shape index (κ1) is 16.6. The van der Waals surface area contributed by atoms with Crippen molar-refractivity contribution in [2.45, 2.75) is 31.8 Å². The van der Waals surface area contributed by atoms with Crippen molar-refractivity contribution in [1.82, 2.24) is 14.8 Å². The number of aryl methyl sites for hydroxylation is 1. The largest absolute Gasteiger partial charge is 0.495 e. The third kappa shape index (κ3) is 3.70. The van der Waals surface area contributed by atoms with Crippen LogP contribution in [0.3, 0.4) is 0 Å². The number of piperazine rings is 1. The first-order valence-electron chi connectivity index (χ1n) is 9.34. The third-order valence-electron chi connectivity index (χ3n) is 5.69. The van der Waals surface area contributed by atoms with Gasteiger partial charge in [0, 0.05) is 45.0 Å². The molecule has 2 aliphatic rings. The van der Waals surface area contributed by atoms with Gasteiger partial charge in [-0.3, -0.25) is 14.8 Å². The first-order chi connectivity index (χ1) is 12.3. The maximum Gasteiger partial charge on any atom is 0.141 e. The minimum atomic E-state index is 0.710. The number of methoxy groups -OCH3 is 1. The summed E-state index contributed by atoms with van der Waals surface area (Å²) in [6.07, 6.45) is 5.59. The van der Waals surface area contributed by atoms with E-state index in [-0.39, 0.29) is 0 Å². The number of nitrogens with zero attached hydrogens (tertiary/aromatic N) is 3. The fourth-order valence-corrected chi connectivity index (χ4v) is 4.22. The van der Waals surface area contributed by atoms with Gasteiger partial charge in [-0.25, -0.2) is 0 Å². The number of benzene rings is 1. The van der Waals surface area contributed by atoms with Crippen LogP contribution < -0.4 is 4.74 Å². The second-order valence-corrected chi connectivity index (χ2v) is 7.13. The molecule has 0 radical (unpaired) electrons. The van der Waals surface area contributed by atoms with Gasteiger partial charge in [-0.05, 0) is 42.5 Å². The number of hydrogen-bond donors (Lipinski definition) is 0. The average molecular weight is 337 g/mol. The summed E-state index contributed by atoms with van der Waals surface area (Å²) >= 11 is 0. The Morgan fingerprint density at radius 1 is 1.04 bits per heavy atom. The maximum atomic E-state index is 5.44. The van der Waals surface area contributed by atoms with Crippen molar-refractivity contribution in [3.63, 3.8) is 0 Å². The van der Waals surface area contributed by atoms with E-state index in [9.17, 15) is 0 Å². The summed E-state index contributed by atoms with van der Waals surface area (Å²) in [6, 6.07) is 13.6. The van der Waals surface area contributed by atoms with Gasteiger partial charge < -0.3 is 4.74 Å². The molecular weight excluding hydrogens is 310 g/mol. The van der Waals surface area contributed by atoms with Gasteiger partial charge in [-0.1, -0.05) is 24.3 Å². The molecule has 1 aliphatic carbocycles. The van der Waals surface area contributed by atoms with Gasteiger partial charge >= 0.3 is 0 Å². The molecule has 132 valence electrons. The van der Waals surface area contributed by atoms with Crippen molar-refractivity contribution in [1.29, 1.82) is 0 Å². The van der Waals surface area contributed by atoms with Crippen LogP contribution >= 0.6 is 0 Å².